The van der Waals surface area contributed by atoms with Gasteiger partial charge in [-0.15, -0.1) is 0 Å². The molecule has 2 aliphatic rings. The highest BCUT2D eigenvalue weighted by molar-refractivity contribution is 8.04. The van der Waals surface area contributed by atoms with Gasteiger partial charge in [0.05, 0.1) is 24.8 Å². The van der Waals surface area contributed by atoms with Crippen molar-refractivity contribution in [3.63, 3.8) is 0 Å². The number of ether oxygens (including phenoxy) is 2. The summed E-state index contributed by atoms with van der Waals surface area (Å²) in [4.78, 5) is 26.2. The Morgan fingerprint density at radius 1 is 1.14 bits per heavy atom. The molecule has 1 aliphatic heterocycles. The molecule has 7 heteroatoms. The molecule has 28 heavy (non-hydrogen) atoms. The lowest BCUT2D eigenvalue weighted by molar-refractivity contribution is -0.112. The molecular formula is C21H20N2O4S. The van der Waals surface area contributed by atoms with Gasteiger partial charge < -0.3 is 20.1 Å². The van der Waals surface area contributed by atoms with Gasteiger partial charge in [-0.3, -0.25) is 9.59 Å². The van der Waals surface area contributed by atoms with E-state index in [1.165, 1.54) is 11.8 Å². The summed E-state index contributed by atoms with van der Waals surface area (Å²) in [5.74, 6) is 0.931. The van der Waals surface area contributed by atoms with E-state index in [4.69, 9.17) is 9.47 Å². The van der Waals surface area contributed by atoms with Crippen LogP contribution in [0.1, 0.15) is 28.8 Å². The number of hydrogen-bond donors (Lipinski definition) is 2. The van der Waals surface area contributed by atoms with Crippen LogP contribution in [0.15, 0.2) is 46.2 Å². The molecule has 1 aliphatic carbocycles. The molecule has 2 amide bonds. The zero-order valence-corrected chi connectivity index (χ0v) is 16.4. The summed E-state index contributed by atoms with van der Waals surface area (Å²) in [6.07, 6.45) is 3.87. The molecular weight excluding hydrogens is 376 g/mol. The number of carbonyl (C=O) groups is 2. The quantitative estimate of drug-likeness (QED) is 0.754. The van der Waals surface area contributed by atoms with E-state index in [0.29, 0.717) is 33.7 Å². The number of methoxy groups -OCH3 is 2. The summed E-state index contributed by atoms with van der Waals surface area (Å²) in [5, 5.41) is 5.84. The number of rotatable bonds is 5. The second-order valence-corrected chi connectivity index (χ2v) is 7.72. The maximum atomic E-state index is 12.6. The highest BCUT2D eigenvalue weighted by atomic mass is 32.2. The topological polar surface area (TPSA) is 76.7 Å². The first kappa shape index (κ1) is 18.4. The van der Waals surface area contributed by atoms with Crippen LogP contribution in [0, 0.1) is 0 Å². The summed E-state index contributed by atoms with van der Waals surface area (Å²) in [7, 11) is 3.15. The first-order valence-electron chi connectivity index (χ1n) is 8.95. The molecule has 0 spiro atoms. The maximum absolute atomic E-state index is 12.6. The molecule has 0 saturated heterocycles. The van der Waals surface area contributed by atoms with Crippen LogP contribution < -0.4 is 20.1 Å². The van der Waals surface area contributed by atoms with Crippen LogP contribution in [-0.2, 0) is 4.79 Å². The Bertz CT molecular complexity index is 982. The van der Waals surface area contributed by atoms with E-state index in [9.17, 15) is 9.59 Å². The first-order chi connectivity index (χ1) is 13.6. The Kier molecular flexibility index (Phi) is 5.00. The van der Waals surface area contributed by atoms with E-state index >= 15 is 0 Å². The molecule has 144 valence electrons. The van der Waals surface area contributed by atoms with Crippen molar-refractivity contribution in [1.82, 2.24) is 5.32 Å². The summed E-state index contributed by atoms with van der Waals surface area (Å²) in [6.45, 7) is 0. The minimum atomic E-state index is -0.202. The Morgan fingerprint density at radius 2 is 1.93 bits per heavy atom. The van der Waals surface area contributed by atoms with Gasteiger partial charge in [0.2, 0.25) is 0 Å². The highest BCUT2D eigenvalue weighted by Gasteiger charge is 2.26. The van der Waals surface area contributed by atoms with Crippen molar-refractivity contribution in [2.24, 2.45) is 0 Å². The Balaban J connectivity index is 1.57. The van der Waals surface area contributed by atoms with Crippen LogP contribution in [-0.4, -0.2) is 32.1 Å². The molecule has 6 nitrogen and oxygen atoms in total. The number of fused-ring (bicyclic) bond motifs is 1. The van der Waals surface area contributed by atoms with Gasteiger partial charge in [-0.1, -0.05) is 17.8 Å². The molecule has 2 N–H and O–H groups in total. The average Bonchev–Trinajstić information content (AvgIpc) is 3.52. The van der Waals surface area contributed by atoms with Crippen molar-refractivity contribution in [2.75, 3.05) is 19.5 Å². The molecule has 1 fully saturated rings. The smallest absolute Gasteiger partial charge is 0.262 e. The number of amides is 2. The van der Waals surface area contributed by atoms with E-state index in [-0.39, 0.29) is 11.8 Å². The van der Waals surface area contributed by atoms with Crippen LogP contribution in [0.25, 0.3) is 6.08 Å². The SMILES string of the molecule is COc1ccc(C=C2Sc3ccc(C(=O)NC4CC4)cc3NC2=O)cc1OC. The monoisotopic (exact) mass is 396 g/mol. The van der Waals surface area contributed by atoms with Crippen molar-refractivity contribution < 1.29 is 19.1 Å². The van der Waals surface area contributed by atoms with Gasteiger partial charge in [-0.05, 0) is 54.8 Å². The predicted molar refractivity (Wildman–Crippen MR) is 109 cm³/mol. The van der Waals surface area contributed by atoms with Crippen molar-refractivity contribution in [1.29, 1.82) is 0 Å². The lowest BCUT2D eigenvalue weighted by atomic mass is 10.1. The molecule has 0 aromatic heterocycles. The highest BCUT2D eigenvalue weighted by Crippen LogP contribution is 2.40. The number of carbonyl (C=O) groups excluding carboxylic acids is 2. The molecule has 1 heterocycles. The van der Waals surface area contributed by atoms with Gasteiger partial charge in [-0.25, -0.2) is 0 Å². The molecule has 0 atom stereocenters. The fraction of sp³-hybridized carbons (Fsp3) is 0.238. The van der Waals surface area contributed by atoms with Gasteiger partial charge in [0.1, 0.15) is 0 Å². The zero-order chi connectivity index (χ0) is 19.7. The van der Waals surface area contributed by atoms with E-state index in [2.05, 4.69) is 10.6 Å². The third kappa shape index (κ3) is 3.84. The Labute approximate surface area is 167 Å². The molecule has 0 unspecified atom stereocenters. The largest absolute Gasteiger partial charge is 0.493 e. The molecule has 4 rings (SSSR count). The van der Waals surface area contributed by atoms with Crippen LogP contribution in [0.5, 0.6) is 11.5 Å². The summed E-state index contributed by atoms with van der Waals surface area (Å²) >= 11 is 1.38. The molecule has 0 radical (unpaired) electrons. The fourth-order valence-corrected chi connectivity index (χ4v) is 3.82. The van der Waals surface area contributed by atoms with E-state index < -0.39 is 0 Å². The lowest BCUT2D eigenvalue weighted by Crippen LogP contribution is -2.26. The normalized spacial score (nSPS) is 16.9. The van der Waals surface area contributed by atoms with Crippen LogP contribution in [0.3, 0.4) is 0 Å². The van der Waals surface area contributed by atoms with Crippen molar-refractivity contribution in [3.05, 3.63) is 52.4 Å². The van der Waals surface area contributed by atoms with E-state index in [1.807, 2.05) is 18.2 Å². The fourth-order valence-electron chi connectivity index (χ4n) is 2.89. The van der Waals surface area contributed by atoms with Gasteiger partial charge in [0, 0.05) is 16.5 Å². The standard InChI is InChI=1S/C21H20N2O4S/c1-26-16-7-3-12(9-17(16)27-2)10-19-21(25)23-15-11-13(4-8-18(15)28-19)20(24)22-14-5-6-14/h3-4,7-11,14H,5-6H2,1-2H3,(H,22,24)(H,23,25). The van der Waals surface area contributed by atoms with Gasteiger partial charge in [-0.2, -0.15) is 0 Å². The molecule has 1 saturated carbocycles. The van der Waals surface area contributed by atoms with E-state index in [0.717, 1.165) is 23.3 Å². The molecule has 0 bridgehead atoms. The van der Waals surface area contributed by atoms with Gasteiger partial charge >= 0.3 is 0 Å². The Morgan fingerprint density at radius 3 is 2.64 bits per heavy atom. The summed E-state index contributed by atoms with van der Waals surface area (Å²) in [6, 6.07) is 11.2. The van der Waals surface area contributed by atoms with Gasteiger partial charge in [0.15, 0.2) is 11.5 Å². The number of benzene rings is 2. The van der Waals surface area contributed by atoms with Crippen molar-refractivity contribution in [3.8, 4) is 11.5 Å². The predicted octanol–water partition coefficient (Wildman–Crippen LogP) is 3.68. The molecule has 2 aromatic carbocycles. The number of nitrogens with one attached hydrogen (secondary N) is 2. The minimum absolute atomic E-state index is 0.101. The second kappa shape index (κ2) is 7.59. The van der Waals surface area contributed by atoms with E-state index in [1.54, 1.807) is 38.5 Å². The third-order valence-electron chi connectivity index (χ3n) is 4.55. The summed E-state index contributed by atoms with van der Waals surface area (Å²) in [5.41, 5.74) is 2.04. The lowest BCUT2D eigenvalue weighted by Gasteiger charge is -2.19. The molecule has 2 aromatic rings. The van der Waals surface area contributed by atoms with Crippen molar-refractivity contribution >= 4 is 35.3 Å². The first-order valence-corrected chi connectivity index (χ1v) is 9.77. The average molecular weight is 396 g/mol. The number of anilines is 1. The minimum Gasteiger partial charge on any atom is -0.493 e. The van der Waals surface area contributed by atoms with Gasteiger partial charge in [0.25, 0.3) is 11.8 Å². The number of thioether (sulfide) groups is 1. The summed E-state index contributed by atoms with van der Waals surface area (Å²) < 4.78 is 10.6. The second-order valence-electron chi connectivity index (χ2n) is 6.64. The number of hydrogen-bond acceptors (Lipinski definition) is 5. The maximum Gasteiger partial charge on any atom is 0.262 e. The van der Waals surface area contributed by atoms with Crippen LogP contribution in [0.4, 0.5) is 5.69 Å². The zero-order valence-electron chi connectivity index (χ0n) is 15.6. The third-order valence-corrected chi connectivity index (χ3v) is 5.65. The Hall–Kier alpha value is -2.93. The van der Waals surface area contributed by atoms with Crippen LogP contribution >= 0.6 is 11.8 Å². The van der Waals surface area contributed by atoms with Crippen molar-refractivity contribution in [2.45, 2.75) is 23.8 Å². The van der Waals surface area contributed by atoms with Crippen LogP contribution in [0.2, 0.25) is 0 Å².